The molecule has 9 heavy (non-hydrogen) atoms. The minimum atomic E-state index is 0.949. The maximum atomic E-state index is 3.10. The molecule has 0 aromatic carbocycles. The van der Waals surface area contributed by atoms with Crippen molar-refractivity contribution in [3.63, 3.8) is 0 Å². The summed E-state index contributed by atoms with van der Waals surface area (Å²) in [6.07, 6.45) is 5.50. The molecule has 1 heteroatoms. The van der Waals surface area contributed by atoms with Crippen molar-refractivity contribution in [1.82, 2.24) is 0 Å². The van der Waals surface area contributed by atoms with Crippen molar-refractivity contribution in [2.24, 2.45) is 5.92 Å². The van der Waals surface area contributed by atoms with Crippen molar-refractivity contribution in [2.75, 3.05) is 0 Å². The fourth-order valence-electron chi connectivity index (χ4n) is 0.898. The van der Waals surface area contributed by atoms with Crippen molar-refractivity contribution in [3.8, 4) is 0 Å². The Kier molecular flexibility index (Phi) is 7.02. The van der Waals surface area contributed by atoms with Crippen molar-refractivity contribution < 1.29 is 0 Å². The molecule has 0 spiro atoms. The van der Waals surface area contributed by atoms with Gasteiger partial charge in [0.05, 0.1) is 0 Å². The molecule has 0 aromatic rings. The van der Waals surface area contributed by atoms with Gasteiger partial charge in [0.25, 0.3) is 0 Å². The van der Waals surface area contributed by atoms with E-state index in [2.05, 4.69) is 29.9 Å². The average molecular weight is 192 g/mol. The molecule has 0 saturated heterocycles. The predicted octanol–water partition coefficient (Wildman–Crippen LogP) is 2.79. The van der Waals surface area contributed by atoms with Gasteiger partial charge in [-0.2, -0.15) is 0 Å². The van der Waals surface area contributed by atoms with Gasteiger partial charge in [-0.25, -0.2) is 0 Å². The Morgan fingerprint density at radius 3 is 2.33 bits per heavy atom. The molecule has 1 atom stereocenters. The van der Waals surface area contributed by atoms with E-state index in [1.807, 2.05) is 0 Å². The Morgan fingerprint density at radius 2 is 2.00 bits per heavy atom. The Labute approximate surface area is 67.2 Å². The zero-order valence-electron chi connectivity index (χ0n) is 6.52. The topological polar surface area (TPSA) is 0 Å². The summed E-state index contributed by atoms with van der Waals surface area (Å²) in [7, 11) is 0. The van der Waals surface area contributed by atoms with Gasteiger partial charge in [-0.15, -0.1) is 0 Å². The quantitative estimate of drug-likeness (QED) is 0.587. The second kappa shape index (κ2) is 6.64. The van der Waals surface area contributed by atoms with E-state index in [1.54, 1.807) is 0 Å². The molecule has 0 bridgehead atoms. The summed E-state index contributed by atoms with van der Waals surface area (Å²) >= 11 is 3.10. The van der Waals surface area contributed by atoms with Crippen molar-refractivity contribution in [1.29, 1.82) is 0 Å². The first-order valence-corrected chi connectivity index (χ1v) is 5.14. The maximum absolute atomic E-state index is 3.10. The van der Waals surface area contributed by atoms with Crippen LogP contribution in [0.4, 0.5) is 0 Å². The van der Waals surface area contributed by atoms with Crippen LogP contribution in [0.2, 0.25) is 5.32 Å². The van der Waals surface area contributed by atoms with E-state index >= 15 is 0 Å². The molecule has 1 radical (unpaired) electrons. The summed E-state index contributed by atoms with van der Waals surface area (Å²) in [5, 5.41) is 1.25. The molecule has 0 amide bonds. The van der Waals surface area contributed by atoms with Gasteiger partial charge in [0.15, 0.2) is 0 Å². The molecular weight excluding hydrogens is 175 g/mol. The summed E-state index contributed by atoms with van der Waals surface area (Å²) < 4.78 is 0. The summed E-state index contributed by atoms with van der Waals surface area (Å²) in [5.41, 5.74) is 0. The molecule has 0 aliphatic heterocycles. The minimum absolute atomic E-state index is 0.949. The molecule has 0 saturated carbocycles. The van der Waals surface area contributed by atoms with Crippen LogP contribution in [-0.2, 0) is 0 Å². The van der Waals surface area contributed by atoms with E-state index in [4.69, 9.17) is 0 Å². The van der Waals surface area contributed by atoms with Crippen molar-refractivity contribution in [2.45, 2.75) is 44.9 Å². The zero-order chi connectivity index (χ0) is 7.11. The Morgan fingerprint density at radius 1 is 1.33 bits per heavy atom. The Bertz CT molecular complexity index is 48.5. The van der Waals surface area contributed by atoms with E-state index in [9.17, 15) is 0 Å². The summed E-state index contributed by atoms with van der Waals surface area (Å²) in [6.45, 7) is 4.53. The van der Waals surface area contributed by atoms with Crippen LogP contribution in [0.25, 0.3) is 0 Å². The third kappa shape index (κ3) is 4.99. The standard InChI is InChI=1S/C8H17Se/c1-3-5-6-8(4-2)7-9/h8H,3-7H2,1-2H3. The van der Waals surface area contributed by atoms with E-state index in [0.29, 0.717) is 0 Å². The molecular formula is C8H17Se. The zero-order valence-corrected chi connectivity index (χ0v) is 8.23. The van der Waals surface area contributed by atoms with Crippen LogP contribution in [0.1, 0.15) is 39.5 Å². The van der Waals surface area contributed by atoms with Gasteiger partial charge >= 0.3 is 66.8 Å². The fraction of sp³-hybridized carbons (Fsp3) is 1.00. The average Bonchev–Trinajstić information content (AvgIpc) is 1.91. The van der Waals surface area contributed by atoms with Crippen LogP contribution < -0.4 is 0 Å². The molecule has 0 heterocycles. The fourth-order valence-corrected chi connectivity index (χ4v) is 1.74. The summed E-state index contributed by atoms with van der Waals surface area (Å²) in [5.74, 6) is 0.949. The molecule has 0 nitrogen and oxygen atoms in total. The molecule has 0 rings (SSSR count). The first-order valence-electron chi connectivity index (χ1n) is 3.93. The van der Waals surface area contributed by atoms with E-state index in [1.165, 1.54) is 31.0 Å². The first-order chi connectivity index (χ1) is 4.35. The van der Waals surface area contributed by atoms with E-state index < -0.39 is 0 Å². The second-order valence-electron chi connectivity index (χ2n) is 2.58. The molecule has 1 unspecified atom stereocenters. The normalized spacial score (nSPS) is 13.7. The molecule has 0 aromatic heterocycles. The van der Waals surface area contributed by atoms with Gasteiger partial charge < -0.3 is 0 Å². The van der Waals surface area contributed by atoms with Crippen molar-refractivity contribution in [3.05, 3.63) is 0 Å². The Hall–Kier alpha value is 0.519. The van der Waals surface area contributed by atoms with Crippen LogP contribution >= 0.6 is 0 Å². The van der Waals surface area contributed by atoms with Crippen LogP contribution in [0.15, 0.2) is 0 Å². The van der Waals surface area contributed by atoms with Crippen LogP contribution in [0.5, 0.6) is 0 Å². The SMILES string of the molecule is CCCCC(CC)C[Se]. The molecule has 0 aliphatic rings. The summed E-state index contributed by atoms with van der Waals surface area (Å²) in [4.78, 5) is 0. The van der Waals surface area contributed by atoms with Crippen LogP contribution in [-0.4, -0.2) is 16.0 Å². The number of hydrogen-bond acceptors (Lipinski definition) is 0. The molecule has 0 fully saturated rings. The Balaban J connectivity index is 3.09. The number of hydrogen-bond donors (Lipinski definition) is 0. The first kappa shape index (κ1) is 9.52. The van der Waals surface area contributed by atoms with Gasteiger partial charge in [-0.05, 0) is 0 Å². The van der Waals surface area contributed by atoms with Gasteiger partial charge in [0.1, 0.15) is 0 Å². The third-order valence-corrected chi connectivity index (χ3v) is 2.77. The summed E-state index contributed by atoms with van der Waals surface area (Å²) in [6, 6.07) is 0. The van der Waals surface area contributed by atoms with Crippen LogP contribution in [0, 0.1) is 5.92 Å². The van der Waals surface area contributed by atoms with E-state index in [0.717, 1.165) is 5.92 Å². The molecule has 0 aliphatic carbocycles. The third-order valence-electron chi connectivity index (χ3n) is 1.78. The van der Waals surface area contributed by atoms with Crippen LogP contribution in [0.3, 0.4) is 0 Å². The van der Waals surface area contributed by atoms with Gasteiger partial charge in [0, 0.05) is 0 Å². The van der Waals surface area contributed by atoms with Gasteiger partial charge in [0.2, 0.25) is 0 Å². The number of rotatable bonds is 5. The molecule has 55 valence electrons. The predicted molar refractivity (Wildman–Crippen MR) is 43.9 cm³/mol. The van der Waals surface area contributed by atoms with Gasteiger partial charge in [-0.3, -0.25) is 0 Å². The van der Waals surface area contributed by atoms with E-state index in [-0.39, 0.29) is 0 Å². The number of unbranched alkanes of at least 4 members (excludes halogenated alkanes) is 1. The monoisotopic (exact) mass is 193 g/mol. The molecule has 0 N–H and O–H groups in total. The second-order valence-corrected chi connectivity index (χ2v) is 3.28. The van der Waals surface area contributed by atoms with Gasteiger partial charge in [-0.1, -0.05) is 0 Å². The van der Waals surface area contributed by atoms with Crippen molar-refractivity contribution >= 4 is 16.0 Å².